The minimum Gasteiger partial charge on any atom is -0.488 e. The normalized spacial score (nSPS) is 10.2. The van der Waals surface area contributed by atoms with Crippen molar-refractivity contribution in [2.24, 2.45) is 0 Å². The molecule has 2 nitrogen and oxygen atoms in total. The molecule has 3 N–H and O–H groups in total. The van der Waals surface area contributed by atoms with E-state index in [0.717, 1.165) is 0 Å². The Labute approximate surface area is 75.3 Å². The van der Waals surface area contributed by atoms with Crippen LogP contribution < -0.4 is 10.5 Å². The Morgan fingerprint density at radius 1 is 1.31 bits per heavy atom. The lowest BCUT2D eigenvalue weighted by Gasteiger charge is -2.06. The standard InChI is InChI=1S/C9H11F2NO/c1-2-13-9-7(10)3-6(5-12)4-8(9)11/h3-4H,2,5,12H2,1H3/p+1. The first-order chi connectivity index (χ1) is 6.19. The Hall–Kier alpha value is -1.16. The monoisotopic (exact) mass is 188 g/mol. The molecule has 0 spiro atoms. The van der Waals surface area contributed by atoms with Gasteiger partial charge in [-0.05, 0) is 19.1 Å². The zero-order valence-corrected chi connectivity index (χ0v) is 7.44. The van der Waals surface area contributed by atoms with Gasteiger partial charge in [-0.3, -0.25) is 0 Å². The van der Waals surface area contributed by atoms with Gasteiger partial charge in [0.05, 0.1) is 13.2 Å². The number of ether oxygens (including phenoxy) is 1. The van der Waals surface area contributed by atoms with Gasteiger partial charge in [0.2, 0.25) is 0 Å². The SMILES string of the molecule is CCOc1c(F)cc(C[NH3+])cc1F. The zero-order valence-electron chi connectivity index (χ0n) is 7.44. The lowest BCUT2D eigenvalue weighted by Crippen LogP contribution is -2.47. The summed E-state index contributed by atoms with van der Waals surface area (Å²) in [6.45, 7) is 2.28. The zero-order chi connectivity index (χ0) is 9.84. The third-order valence-electron chi connectivity index (χ3n) is 1.64. The van der Waals surface area contributed by atoms with Gasteiger partial charge in [-0.25, -0.2) is 8.78 Å². The van der Waals surface area contributed by atoms with Crippen molar-refractivity contribution in [3.05, 3.63) is 29.3 Å². The molecule has 0 amide bonds. The summed E-state index contributed by atoms with van der Waals surface area (Å²) in [6, 6.07) is 2.47. The van der Waals surface area contributed by atoms with E-state index in [9.17, 15) is 8.78 Å². The van der Waals surface area contributed by atoms with Crippen molar-refractivity contribution in [2.75, 3.05) is 6.61 Å². The molecule has 0 atom stereocenters. The van der Waals surface area contributed by atoms with Crippen LogP contribution in [0.15, 0.2) is 12.1 Å². The first-order valence-electron chi connectivity index (χ1n) is 4.09. The average molecular weight is 188 g/mol. The molecule has 0 aliphatic rings. The highest BCUT2D eigenvalue weighted by Crippen LogP contribution is 2.22. The lowest BCUT2D eigenvalue weighted by atomic mass is 10.2. The van der Waals surface area contributed by atoms with Crippen LogP contribution in [0.1, 0.15) is 12.5 Å². The molecule has 0 bridgehead atoms. The third kappa shape index (κ3) is 2.15. The maximum atomic E-state index is 13.1. The summed E-state index contributed by atoms with van der Waals surface area (Å²) in [7, 11) is 0. The smallest absolute Gasteiger partial charge is 0.190 e. The Kier molecular flexibility index (Phi) is 3.19. The van der Waals surface area contributed by atoms with E-state index < -0.39 is 11.6 Å². The molecular formula is C9H12F2NO+. The van der Waals surface area contributed by atoms with Gasteiger partial charge >= 0.3 is 0 Å². The number of hydrogen-bond donors (Lipinski definition) is 1. The molecule has 0 aliphatic heterocycles. The highest BCUT2D eigenvalue weighted by molar-refractivity contribution is 5.30. The lowest BCUT2D eigenvalue weighted by molar-refractivity contribution is -0.386. The summed E-state index contributed by atoms with van der Waals surface area (Å²) in [5.41, 5.74) is 4.07. The van der Waals surface area contributed by atoms with Gasteiger partial charge in [0.1, 0.15) is 0 Å². The summed E-state index contributed by atoms with van der Waals surface area (Å²) in [5.74, 6) is -1.64. The number of quaternary nitrogens is 1. The predicted molar refractivity (Wildman–Crippen MR) is 44.1 cm³/mol. The van der Waals surface area contributed by atoms with E-state index in [1.54, 1.807) is 6.92 Å². The van der Waals surface area contributed by atoms with Crippen LogP contribution in [-0.4, -0.2) is 6.61 Å². The van der Waals surface area contributed by atoms with Gasteiger partial charge in [-0.1, -0.05) is 0 Å². The predicted octanol–water partition coefficient (Wildman–Crippen LogP) is 1.11. The molecule has 0 heterocycles. The van der Waals surface area contributed by atoms with E-state index in [1.807, 2.05) is 0 Å². The minimum atomic E-state index is -0.666. The van der Waals surface area contributed by atoms with Gasteiger partial charge in [-0.2, -0.15) is 0 Å². The van der Waals surface area contributed by atoms with E-state index in [1.165, 1.54) is 12.1 Å². The molecule has 1 aromatic carbocycles. The van der Waals surface area contributed by atoms with Crippen molar-refractivity contribution in [1.82, 2.24) is 0 Å². The maximum Gasteiger partial charge on any atom is 0.190 e. The maximum absolute atomic E-state index is 13.1. The van der Waals surface area contributed by atoms with Crippen LogP contribution in [0.2, 0.25) is 0 Å². The van der Waals surface area contributed by atoms with Crippen LogP contribution in [0.3, 0.4) is 0 Å². The average Bonchev–Trinajstić information content (AvgIpc) is 2.11. The Bertz CT molecular complexity index is 279. The van der Waals surface area contributed by atoms with E-state index in [2.05, 4.69) is 5.73 Å². The molecule has 72 valence electrons. The van der Waals surface area contributed by atoms with E-state index in [0.29, 0.717) is 12.1 Å². The molecule has 0 saturated carbocycles. The summed E-state index contributed by atoms with van der Waals surface area (Å²) in [5, 5.41) is 0. The third-order valence-corrected chi connectivity index (χ3v) is 1.64. The molecule has 0 radical (unpaired) electrons. The molecule has 0 saturated heterocycles. The molecule has 0 fully saturated rings. The largest absolute Gasteiger partial charge is 0.488 e. The van der Waals surface area contributed by atoms with Crippen molar-refractivity contribution < 1.29 is 19.3 Å². The van der Waals surface area contributed by atoms with Crippen molar-refractivity contribution in [2.45, 2.75) is 13.5 Å². The fourth-order valence-corrected chi connectivity index (χ4v) is 1.04. The summed E-state index contributed by atoms with van der Waals surface area (Å²) in [4.78, 5) is 0. The molecule has 0 aliphatic carbocycles. The molecule has 0 aromatic heterocycles. The van der Waals surface area contributed by atoms with Crippen LogP contribution >= 0.6 is 0 Å². The minimum absolute atomic E-state index is 0.248. The number of benzene rings is 1. The number of halogens is 2. The molecule has 1 aromatic rings. The summed E-state index contributed by atoms with van der Waals surface area (Å²) < 4.78 is 31.0. The Balaban J connectivity index is 3.07. The summed E-state index contributed by atoms with van der Waals surface area (Å²) in [6.07, 6.45) is 0. The number of rotatable bonds is 3. The van der Waals surface area contributed by atoms with Crippen LogP contribution in [0.4, 0.5) is 8.78 Å². The second-order valence-electron chi connectivity index (χ2n) is 2.57. The van der Waals surface area contributed by atoms with Crippen molar-refractivity contribution in [1.29, 1.82) is 0 Å². The Morgan fingerprint density at radius 2 is 1.85 bits per heavy atom. The van der Waals surface area contributed by atoms with E-state index in [4.69, 9.17) is 4.74 Å². The van der Waals surface area contributed by atoms with Crippen LogP contribution in [0.5, 0.6) is 5.75 Å². The highest BCUT2D eigenvalue weighted by Gasteiger charge is 2.11. The van der Waals surface area contributed by atoms with Gasteiger partial charge in [-0.15, -0.1) is 0 Å². The summed E-state index contributed by atoms with van der Waals surface area (Å²) >= 11 is 0. The first-order valence-corrected chi connectivity index (χ1v) is 4.09. The van der Waals surface area contributed by atoms with Gasteiger partial charge in [0.25, 0.3) is 0 Å². The van der Waals surface area contributed by atoms with Crippen molar-refractivity contribution >= 4 is 0 Å². The number of hydrogen-bond acceptors (Lipinski definition) is 1. The fourth-order valence-electron chi connectivity index (χ4n) is 1.04. The van der Waals surface area contributed by atoms with Gasteiger partial charge < -0.3 is 10.5 Å². The molecule has 13 heavy (non-hydrogen) atoms. The van der Waals surface area contributed by atoms with Crippen molar-refractivity contribution in [3.8, 4) is 5.75 Å². The van der Waals surface area contributed by atoms with Gasteiger partial charge in [0, 0.05) is 5.56 Å². The highest BCUT2D eigenvalue weighted by atomic mass is 19.1. The van der Waals surface area contributed by atoms with Crippen LogP contribution in [-0.2, 0) is 6.54 Å². The molecule has 4 heteroatoms. The molecule has 0 unspecified atom stereocenters. The van der Waals surface area contributed by atoms with E-state index >= 15 is 0 Å². The van der Waals surface area contributed by atoms with Crippen LogP contribution in [0.25, 0.3) is 0 Å². The quantitative estimate of drug-likeness (QED) is 0.757. The first kappa shape index (κ1) is 9.92. The second kappa shape index (κ2) is 4.18. The van der Waals surface area contributed by atoms with E-state index in [-0.39, 0.29) is 12.4 Å². The molecular weight excluding hydrogens is 176 g/mol. The van der Waals surface area contributed by atoms with Crippen molar-refractivity contribution in [3.63, 3.8) is 0 Å². The Morgan fingerprint density at radius 3 is 2.23 bits per heavy atom. The second-order valence-corrected chi connectivity index (χ2v) is 2.57. The fraction of sp³-hybridized carbons (Fsp3) is 0.333. The molecule has 1 rings (SSSR count). The van der Waals surface area contributed by atoms with Crippen LogP contribution in [0, 0.1) is 11.6 Å². The topological polar surface area (TPSA) is 36.9 Å². The van der Waals surface area contributed by atoms with Gasteiger partial charge in [0.15, 0.2) is 17.4 Å².